The van der Waals surface area contributed by atoms with E-state index in [1.54, 1.807) is 38.3 Å². The minimum Gasteiger partial charge on any atom is -0.493 e. The Hall–Kier alpha value is -2.76. The number of esters is 2. The monoisotopic (exact) mass is 320 g/mol. The van der Waals surface area contributed by atoms with E-state index in [4.69, 9.17) is 18.9 Å². The average Bonchev–Trinajstić information content (AvgIpc) is 2.56. The number of hydrogen-bond donors (Lipinski definition) is 0. The largest absolute Gasteiger partial charge is 0.493 e. The van der Waals surface area contributed by atoms with E-state index in [9.17, 15) is 9.59 Å². The van der Waals surface area contributed by atoms with Crippen LogP contribution in [0, 0.1) is 0 Å². The van der Waals surface area contributed by atoms with Gasteiger partial charge in [-0.05, 0) is 30.7 Å². The van der Waals surface area contributed by atoms with Crippen LogP contribution in [0.1, 0.15) is 12.5 Å². The fourth-order valence-electron chi connectivity index (χ4n) is 1.57. The Bertz CT molecular complexity index is 603. The van der Waals surface area contributed by atoms with Gasteiger partial charge in [0.05, 0.1) is 14.2 Å². The molecule has 0 spiro atoms. The van der Waals surface area contributed by atoms with Crippen LogP contribution in [0.2, 0.25) is 0 Å². The molecule has 23 heavy (non-hydrogen) atoms. The summed E-state index contributed by atoms with van der Waals surface area (Å²) in [5, 5.41) is 0. The van der Waals surface area contributed by atoms with E-state index >= 15 is 0 Å². The number of methoxy groups -OCH3 is 2. The number of benzene rings is 1. The van der Waals surface area contributed by atoms with Gasteiger partial charge in [0.15, 0.2) is 11.5 Å². The molecule has 0 unspecified atom stereocenters. The van der Waals surface area contributed by atoms with Crippen molar-refractivity contribution in [3.63, 3.8) is 0 Å². The minimum atomic E-state index is -0.536. The quantitative estimate of drug-likeness (QED) is 0.416. The molecule has 1 aromatic carbocycles. The Morgan fingerprint density at radius 1 is 1.09 bits per heavy atom. The molecule has 0 bridgehead atoms. The van der Waals surface area contributed by atoms with E-state index in [0.717, 1.165) is 5.56 Å². The van der Waals surface area contributed by atoms with E-state index in [1.165, 1.54) is 13.2 Å². The molecule has 124 valence electrons. The van der Waals surface area contributed by atoms with Crippen molar-refractivity contribution in [1.82, 2.24) is 0 Å². The van der Waals surface area contributed by atoms with Gasteiger partial charge in [0, 0.05) is 11.6 Å². The topological polar surface area (TPSA) is 71.1 Å². The van der Waals surface area contributed by atoms with Crippen LogP contribution in [0.3, 0.4) is 0 Å². The maximum absolute atomic E-state index is 11.5. The molecule has 0 aromatic heterocycles. The van der Waals surface area contributed by atoms with Crippen molar-refractivity contribution in [2.45, 2.75) is 6.92 Å². The Morgan fingerprint density at radius 2 is 1.74 bits per heavy atom. The van der Waals surface area contributed by atoms with Gasteiger partial charge in [-0.1, -0.05) is 12.6 Å². The van der Waals surface area contributed by atoms with Crippen molar-refractivity contribution < 1.29 is 28.5 Å². The molecule has 0 N–H and O–H groups in total. The molecule has 0 aliphatic carbocycles. The van der Waals surface area contributed by atoms with Gasteiger partial charge in [-0.2, -0.15) is 0 Å². The van der Waals surface area contributed by atoms with Crippen molar-refractivity contribution in [2.24, 2.45) is 0 Å². The number of ether oxygens (including phenoxy) is 4. The second-order valence-electron chi connectivity index (χ2n) is 4.53. The summed E-state index contributed by atoms with van der Waals surface area (Å²) in [6.45, 7) is 4.96. The maximum atomic E-state index is 11.5. The highest BCUT2D eigenvalue weighted by Gasteiger charge is 2.05. The van der Waals surface area contributed by atoms with Gasteiger partial charge in [-0.3, -0.25) is 0 Å². The van der Waals surface area contributed by atoms with Crippen LogP contribution >= 0.6 is 0 Å². The smallest absolute Gasteiger partial charge is 0.333 e. The highest BCUT2D eigenvalue weighted by molar-refractivity contribution is 5.87. The Kier molecular flexibility index (Phi) is 7.39. The van der Waals surface area contributed by atoms with Crippen molar-refractivity contribution >= 4 is 18.0 Å². The van der Waals surface area contributed by atoms with E-state index in [1.807, 2.05) is 0 Å². The highest BCUT2D eigenvalue weighted by atomic mass is 16.6. The summed E-state index contributed by atoms with van der Waals surface area (Å²) in [5.41, 5.74) is 1.05. The normalized spacial score (nSPS) is 10.2. The molecule has 6 nitrogen and oxygen atoms in total. The Morgan fingerprint density at radius 3 is 2.35 bits per heavy atom. The van der Waals surface area contributed by atoms with Gasteiger partial charge in [0.25, 0.3) is 0 Å². The van der Waals surface area contributed by atoms with Gasteiger partial charge in [-0.25, -0.2) is 9.59 Å². The third-order valence-electron chi connectivity index (χ3n) is 2.73. The molecule has 6 heteroatoms. The summed E-state index contributed by atoms with van der Waals surface area (Å²) in [4.78, 5) is 22.7. The molecule has 0 radical (unpaired) electrons. The molecule has 0 saturated carbocycles. The van der Waals surface area contributed by atoms with E-state index in [2.05, 4.69) is 6.58 Å². The number of carbonyl (C=O) groups excluding carboxylic acids is 2. The first-order valence-electron chi connectivity index (χ1n) is 6.87. The summed E-state index contributed by atoms with van der Waals surface area (Å²) in [6.07, 6.45) is 2.87. The van der Waals surface area contributed by atoms with Crippen molar-refractivity contribution in [2.75, 3.05) is 27.4 Å². The number of rotatable bonds is 8. The van der Waals surface area contributed by atoms with Gasteiger partial charge in [-0.15, -0.1) is 0 Å². The second-order valence-corrected chi connectivity index (χ2v) is 4.53. The second kappa shape index (κ2) is 9.30. The maximum Gasteiger partial charge on any atom is 0.333 e. The van der Waals surface area contributed by atoms with Crippen LogP contribution in [-0.2, 0) is 19.1 Å². The molecule has 0 aliphatic heterocycles. The molecule has 1 rings (SSSR count). The fraction of sp³-hybridized carbons (Fsp3) is 0.294. The minimum absolute atomic E-state index is 0.0123. The third kappa shape index (κ3) is 6.25. The van der Waals surface area contributed by atoms with Crippen LogP contribution in [0.4, 0.5) is 0 Å². The first-order chi connectivity index (χ1) is 11.0. The summed E-state index contributed by atoms with van der Waals surface area (Å²) >= 11 is 0. The predicted molar refractivity (Wildman–Crippen MR) is 85.3 cm³/mol. The highest BCUT2D eigenvalue weighted by Crippen LogP contribution is 2.27. The SMILES string of the molecule is C=C(C)C(=O)OCCOC(=O)C=Cc1ccc(OC)c(OC)c1. The summed E-state index contributed by atoms with van der Waals surface area (Å²) in [7, 11) is 3.08. The lowest BCUT2D eigenvalue weighted by molar-refractivity contribution is -0.146. The molecular formula is C17H20O6. The Balaban J connectivity index is 2.46. The summed E-state index contributed by atoms with van der Waals surface area (Å²) in [5.74, 6) is 0.120. The number of carbonyl (C=O) groups is 2. The van der Waals surface area contributed by atoms with E-state index in [0.29, 0.717) is 17.1 Å². The first-order valence-corrected chi connectivity index (χ1v) is 6.87. The summed E-state index contributed by atoms with van der Waals surface area (Å²) in [6, 6.07) is 5.25. The van der Waals surface area contributed by atoms with Crippen LogP contribution in [0.15, 0.2) is 36.4 Å². The zero-order valence-electron chi connectivity index (χ0n) is 13.5. The third-order valence-corrected chi connectivity index (χ3v) is 2.73. The van der Waals surface area contributed by atoms with Crippen LogP contribution in [-0.4, -0.2) is 39.4 Å². The Labute approximate surface area is 135 Å². The van der Waals surface area contributed by atoms with Crippen LogP contribution < -0.4 is 9.47 Å². The fourth-order valence-corrected chi connectivity index (χ4v) is 1.57. The molecule has 1 aromatic rings. The lowest BCUT2D eigenvalue weighted by Crippen LogP contribution is -2.12. The zero-order chi connectivity index (χ0) is 17.2. The molecule has 0 fully saturated rings. The molecule has 0 heterocycles. The van der Waals surface area contributed by atoms with Crippen molar-refractivity contribution in [1.29, 1.82) is 0 Å². The molecule has 0 saturated heterocycles. The zero-order valence-corrected chi connectivity index (χ0v) is 13.5. The van der Waals surface area contributed by atoms with E-state index < -0.39 is 11.9 Å². The van der Waals surface area contributed by atoms with Crippen LogP contribution in [0.5, 0.6) is 11.5 Å². The van der Waals surface area contributed by atoms with Crippen molar-refractivity contribution in [3.8, 4) is 11.5 Å². The van der Waals surface area contributed by atoms with Gasteiger partial charge >= 0.3 is 11.9 Å². The van der Waals surface area contributed by atoms with Gasteiger partial charge < -0.3 is 18.9 Å². The van der Waals surface area contributed by atoms with Gasteiger partial charge in [0.1, 0.15) is 13.2 Å². The first kappa shape index (κ1) is 18.3. The van der Waals surface area contributed by atoms with Crippen LogP contribution in [0.25, 0.3) is 6.08 Å². The van der Waals surface area contributed by atoms with Gasteiger partial charge in [0.2, 0.25) is 0 Å². The predicted octanol–water partition coefficient (Wildman–Crippen LogP) is 2.38. The molecule has 0 amide bonds. The lowest BCUT2D eigenvalue weighted by Gasteiger charge is -2.07. The number of hydrogen-bond acceptors (Lipinski definition) is 6. The summed E-state index contributed by atoms with van der Waals surface area (Å²) < 4.78 is 20.0. The van der Waals surface area contributed by atoms with E-state index in [-0.39, 0.29) is 13.2 Å². The molecular weight excluding hydrogens is 300 g/mol. The van der Waals surface area contributed by atoms with Crippen molar-refractivity contribution in [3.05, 3.63) is 42.0 Å². The lowest BCUT2D eigenvalue weighted by atomic mass is 10.2. The average molecular weight is 320 g/mol. The molecule has 0 aliphatic rings. The standard InChI is InChI=1S/C17H20O6/c1-12(2)17(19)23-10-9-22-16(18)8-6-13-5-7-14(20-3)15(11-13)21-4/h5-8,11H,1,9-10H2,2-4H3. The molecule has 0 atom stereocenters.